The monoisotopic (exact) mass is 245 g/mol. The third-order valence-electron chi connectivity index (χ3n) is 2.37. The number of aryl methyl sites for hydroxylation is 1. The van der Waals surface area contributed by atoms with Gasteiger partial charge in [-0.1, -0.05) is 0 Å². The van der Waals surface area contributed by atoms with Crippen molar-refractivity contribution in [3.05, 3.63) is 46.6 Å². The summed E-state index contributed by atoms with van der Waals surface area (Å²) in [6.07, 6.45) is 1.77. The van der Waals surface area contributed by atoms with E-state index in [1.807, 2.05) is 0 Å². The summed E-state index contributed by atoms with van der Waals surface area (Å²) in [5.41, 5.74) is 2.09. The Kier molecular flexibility index (Phi) is 3.09. The molecule has 6 nitrogen and oxygen atoms in total. The molecule has 0 saturated carbocycles. The first-order valence-corrected chi connectivity index (χ1v) is 5.22. The van der Waals surface area contributed by atoms with Crippen molar-refractivity contribution in [2.24, 2.45) is 0 Å². The Bertz CT molecular complexity index is 649. The number of anilines is 1. The van der Waals surface area contributed by atoms with Crippen LogP contribution < -0.4 is 10.9 Å². The minimum Gasteiger partial charge on any atom is -0.465 e. The highest BCUT2D eigenvalue weighted by atomic mass is 16.4. The van der Waals surface area contributed by atoms with E-state index < -0.39 is 6.09 Å². The molecule has 1 amide bonds. The molecule has 2 aromatic heterocycles. The number of H-pyrrole nitrogens is 1. The predicted molar refractivity (Wildman–Crippen MR) is 66.7 cm³/mol. The van der Waals surface area contributed by atoms with Gasteiger partial charge in [-0.05, 0) is 24.6 Å². The number of pyridine rings is 2. The molecule has 0 spiro atoms. The molecule has 0 radical (unpaired) electrons. The highest BCUT2D eigenvalue weighted by Crippen LogP contribution is 2.26. The molecular formula is C12H11N3O3. The summed E-state index contributed by atoms with van der Waals surface area (Å²) in [6.45, 7) is 1.79. The van der Waals surface area contributed by atoms with Gasteiger partial charge in [0.2, 0.25) is 5.56 Å². The lowest BCUT2D eigenvalue weighted by Gasteiger charge is -2.09. The zero-order valence-corrected chi connectivity index (χ0v) is 9.60. The van der Waals surface area contributed by atoms with Crippen LogP contribution in [0.2, 0.25) is 0 Å². The van der Waals surface area contributed by atoms with Crippen LogP contribution in [0, 0.1) is 6.92 Å². The largest absolute Gasteiger partial charge is 0.465 e. The maximum absolute atomic E-state index is 11.3. The van der Waals surface area contributed by atoms with Crippen molar-refractivity contribution in [3.8, 4) is 11.1 Å². The van der Waals surface area contributed by atoms with E-state index in [9.17, 15) is 9.59 Å². The number of rotatable bonds is 2. The van der Waals surface area contributed by atoms with Crippen LogP contribution in [0.25, 0.3) is 11.1 Å². The zero-order valence-electron chi connectivity index (χ0n) is 9.60. The molecule has 2 heterocycles. The molecule has 18 heavy (non-hydrogen) atoms. The Labute approximate surface area is 102 Å². The van der Waals surface area contributed by atoms with Gasteiger partial charge in [-0.2, -0.15) is 0 Å². The zero-order chi connectivity index (χ0) is 13.1. The second kappa shape index (κ2) is 4.70. The van der Waals surface area contributed by atoms with Crippen LogP contribution in [0.1, 0.15) is 5.69 Å². The van der Waals surface area contributed by atoms with Crippen LogP contribution in [-0.4, -0.2) is 21.2 Å². The minimum absolute atomic E-state index is 0.247. The summed E-state index contributed by atoms with van der Waals surface area (Å²) in [5.74, 6) is 0. The molecule has 0 saturated heterocycles. The first-order chi connectivity index (χ1) is 8.56. The van der Waals surface area contributed by atoms with E-state index in [2.05, 4.69) is 15.3 Å². The highest BCUT2D eigenvalue weighted by Gasteiger charge is 2.09. The quantitative estimate of drug-likeness (QED) is 0.752. The summed E-state index contributed by atoms with van der Waals surface area (Å²) in [4.78, 5) is 28.5. The number of aromatic nitrogens is 2. The van der Waals surface area contributed by atoms with Crippen molar-refractivity contribution in [2.75, 3.05) is 5.32 Å². The van der Waals surface area contributed by atoms with E-state index in [1.54, 1.807) is 19.1 Å². The number of hydrogen-bond donors (Lipinski definition) is 3. The van der Waals surface area contributed by atoms with Gasteiger partial charge in [0.25, 0.3) is 0 Å². The average Bonchev–Trinajstić information content (AvgIpc) is 2.31. The van der Waals surface area contributed by atoms with Gasteiger partial charge in [-0.25, -0.2) is 4.79 Å². The molecular weight excluding hydrogens is 234 g/mol. The third-order valence-corrected chi connectivity index (χ3v) is 2.37. The van der Waals surface area contributed by atoms with Gasteiger partial charge in [0.15, 0.2) is 0 Å². The van der Waals surface area contributed by atoms with E-state index in [4.69, 9.17) is 5.11 Å². The summed E-state index contributed by atoms with van der Waals surface area (Å²) < 4.78 is 0. The standard InChI is InChI=1S/C12H11N3O3/c1-7-4-9(8-2-3-13-11(16)5-8)10(6-14-7)15-12(17)18/h2-6,15H,1H3,(H,13,16)(H,17,18). The van der Waals surface area contributed by atoms with Crippen LogP contribution in [0.5, 0.6) is 0 Å². The van der Waals surface area contributed by atoms with Crippen molar-refractivity contribution >= 4 is 11.8 Å². The highest BCUT2D eigenvalue weighted by molar-refractivity contribution is 5.90. The molecule has 0 aliphatic heterocycles. The van der Waals surface area contributed by atoms with Crippen molar-refractivity contribution in [3.63, 3.8) is 0 Å². The number of nitrogens with one attached hydrogen (secondary N) is 2. The van der Waals surface area contributed by atoms with E-state index in [0.717, 1.165) is 5.69 Å². The third kappa shape index (κ3) is 2.54. The fraction of sp³-hybridized carbons (Fsp3) is 0.0833. The molecule has 6 heteroatoms. The van der Waals surface area contributed by atoms with Crippen LogP contribution in [0.4, 0.5) is 10.5 Å². The molecule has 0 fully saturated rings. The molecule has 0 bridgehead atoms. The van der Waals surface area contributed by atoms with E-state index in [0.29, 0.717) is 16.8 Å². The number of aromatic amines is 1. The molecule has 0 atom stereocenters. The molecule has 0 aliphatic carbocycles. The van der Waals surface area contributed by atoms with Crippen molar-refractivity contribution in [1.82, 2.24) is 9.97 Å². The van der Waals surface area contributed by atoms with Crippen molar-refractivity contribution < 1.29 is 9.90 Å². The number of carboxylic acid groups (broad SMARTS) is 1. The lowest BCUT2D eigenvalue weighted by Crippen LogP contribution is -2.09. The van der Waals surface area contributed by atoms with E-state index >= 15 is 0 Å². The van der Waals surface area contributed by atoms with E-state index in [1.165, 1.54) is 18.5 Å². The molecule has 2 aromatic rings. The van der Waals surface area contributed by atoms with Gasteiger partial charge in [0.1, 0.15) is 0 Å². The Morgan fingerprint density at radius 2 is 2.22 bits per heavy atom. The smallest absolute Gasteiger partial charge is 0.409 e. The molecule has 3 N–H and O–H groups in total. The molecule has 0 unspecified atom stereocenters. The predicted octanol–water partition coefficient (Wildman–Crippen LogP) is 1.84. The SMILES string of the molecule is Cc1cc(-c2cc[nH]c(=O)c2)c(NC(=O)O)cn1. The number of amides is 1. The lowest BCUT2D eigenvalue weighted by molar-refractivity contribution is 0.209. The molecule has 92 valence electrons. The van der Waals surface area contributed by atoms with Crippen LogP contribution in [0.3, 0.4) is 0 Å². The van der Waals surface area contributed by atoms with E-state index in [-0.39, 0.29) is 5.56 Å². The second-order valence-electron chi connectivity index (χ2n) is 3.74. The lowest BCUT2D eigenvalue weighted by atomic mass is 10.1. The van der Waals surface area contributed by atoms with Gasteiger partial charge in [0.05, 0.1) is 11.9 Å². The molecule has 2 rings (SSSR count). The van der Waals surface area contributed by atoms with Crippen molar-refractivity contribution in [1.29, 1.82) is 0 Å². The van der Waals surface area contributed by atoms with Gasteiger partial charge >= 0.3 is 6.09 Å². The maximum atomic E-state index is 11.3. The Balaban J connectivity index is 2.57. The summed E-state index contributed by atoms with van der Waals surface area (Å²) in [5, 5.41) is 11.0. The van der Waals surface area contributed by atoms with Crippen molar-refractivity contribution in [2.45, 2.75) is 6.92 Å². The Morgan fingerprint density at radius 3 is 2.89 bits per heavy atom. The van der Waals surface area contributed by atoms with Crippen LogP contribution in [-0.2, 0) is 0 Å². The Morgan fingerprint density at radius 1 is 1.44 bits per heavy atom. The van der Waals surface area contributed by atoms with Gasteiger partial charge in [0, 0.05) is 23.5 Å². The Hall–Kier alpha value is -2.63. The van der Waals surface area contributed by atoms with Gasteiger partial charge < -0.3 is 10.1 Å². The maximum Gasteiger partial charge on any atom is 0.409 e. The van der Waals surface area contributed by atoms with Gasteiger partial charge in [-0.15, -0.1) is 0 Å². The number of hydrogen-bond acceptors (Lipinski definition) is 3. The van der Waals surface area contributed by atoms with Crippen LogP contribution >= 0.6 is 0 Å². The fourth-order valence-electron chi connectivity index (χ4n) is 1.63. The second-order valence-corrected chi connectivity index (χ2v) is 3.74. The number of nitrogens with zero attached hydrogens (tertiary/aromatic N) is 1. The minimum atomic E-state index is -1.17. The summed E-state index contributed by atoms with van der Waals surface area (Å²) in [6, 6.07) is 4.82. The number of carbonyl (C=O) groups is 1. The topological polar surface area (TPSA) is 95.1 Å². The van der Waals surface area contributed by atoms with Crippen LogP contribution in [0.15, 0.2) is 35.4 Å². The molecule has 0 aliphatic rings. The average molecular weight is 245 g/mol. The summed E-state index contributed by atoms with van der Waals surface area (Å²) in [7, 11) is 0. The first kappa shape index (κ1) is 11.8. The summed E-state index contributed by atoms with van der Waals surface area (Å²) >= 11 is 0. The molecule has 0 aromatic carbocycles. The fourth-order valence-corrected chi connectivity index (χ4v) is 1.63. The van der Waals surface area contributed by atoms with Gasteiger partial charge in [-0.3, -0.25) is 15.1 Å². The first-order valence-electron chi connectivity index (χ1n) is 5.22. The normalized spacial score (nSPS) is 10.1.